The fourth-order valence-corrected chi connectivity index (χ4v) is 3.25. The van der Waals surface area contributed by atoms with E-state index in [0.29, 0.717) is 33.1 Å². The summed E-state index contributed by atoms with van der Waals surface area (Å²) in [6.07, 6.45) is -2.86. The van der Waals surface area contributed by atoms with E-state index in [-0.39, 0.29) is 17.9 Å². The minimum absolute atomic E-state index is 0.0145. The molecular weight excluding hydrogens is 427 g/mol. The number of nitrogens with two attached hydrogens (primary N) is 1. The van der Waals surface area contributed by atoms with Gasteiger partial charge < -0.3 is 11.1 Å². The van der Waals surface area contributed by atoms with Crippen LogP contribution in [0.1, 0.15) is 22.3 Å². The summed E-state index contributed by atoms with van der Waals surface area (Å²) in [7, 11) is 1.57. The van der Waals surface area contributed by atoms with E-state index in [0.717, 1.165) is 12.1 Å². The number of hydrogen-bond acceptors (Lipinski definition) is 5. The Kier molecular flexibility index (Phi) is 6.47. The standard InChI is InChI=1S/C22H17ClF3N5/c1-29-12-18-19(14-3-2-4-16(23)9-14)17(10-27)20(28)31-21(18)30-11-13-5-7-15(8-6-13)22(24,25)26/h2-9,12H,11H2,1H3,(H3,28,30,31). The highest BCUT2D eigenvalue weighted by Crippen LogP contribution is 2.35. The zero-order valence-electron chi connectivity index (χ0n) is 16.3. The zero-order valence-corrected chi connectivity index (χ0v) is 17.1. The summed E-state index contributed by atoms with van der Waals surface area (Å²) < 4.78 is 38.3. The lowest BCUT2D eigenvalue weighted by molar-refractivity contribution is -0.137. The molecule has 0 fully saturated rings. The molecule has 0 radical (unpaired) electrons. The SMILES string of the molecule is CN=Cc1c(NCc2ccc(C(F)(F)F)cc2)nc(N)c(C#N)c1-c1cccc(Cl)c1. The second-order valence-corrected chi connectivity index (χ2v) is 7.00. The molecule has 1 aromatic heterocycles. The molecule has 0 aliphatic heterocycles. The van der Waals surface area contributed by atoms with Gasteiger partial charge >= 0.3 is 6.18 Å². The molecule has 0 amide bonds. The first-order valence-corrected chi connectivity index (χ1v) is 9.44. The van der Waals surface area contributed by atoms with Gasteiger partial charge in [-0.2, -0.15) is 18.4 Å². The van der Waals surface area contributed by atoms with Crippen LogP contribution in [0.3, 0.4) is 0 Å². The fourth-order valence-electron chi connectivity index (χ4n) is 3.06. The van der Waals surface area contributed by atoms with Crippen molar-refractivity contribution >= 4 is 29.5 Å². The van der Waals surface area contributed by atoms with Crippen molar-refractivity contribution in [1.29, 1.82) is 5.26 Å². The first-order chi connectivity index (χ1) is 14.7. The minimum Gasteiger partial charge on any atom is -0.383 e. The van der Waals surface area contributed by atoms with E-state index in [9.17, 15) is 18.4 Å². The average Bonchev–Trinajstić information content (AvgIpc) is 2.73. The van der Waals surface area contributed by atoms with Gasteiger partial charge in [-0.3, -0.25) is 4.99 Å². The molecule has 2 aromatic carbocycles. The Morgan fingerprint density at radius 2 is 1.94 bits per heavy atom. The van der Waals surface area contributed by atoms with E-state index < -0.39 is 11.7 Å². The van der Waals surface area contributed by atoms with Crippen molar-refractivity contribution in [2.24, 2.45) is 4.99 Å². The van der Waals surface area contributed by atoms with Gasteiger partial charge in [-0.15, -0.1) is 0 Å². The van der Waals surface area contributed by atoms with Gasteiger partial charge in [0.15, 0.2) is 0 Å². The number of nitrogen functional groups attached to an aromatic ring is 1. The highest BCUT2D eigenvalue weighted by molar-refractivity contribution is 6.30. The van der Waals surface area contributed by atoms with Crippen molar-refractivity contribution in [3.63, 3.8) is 0 Å². The van der Waals surface area contributed by atoms with E-state index in [4.69, 9.17) is 17.3 Å². The zero-order chi connectivity index (χ0) is 22.6. The maximum absolute atomic E-state index is 12.8. The lowest BCUT2D eigenvalue weighted by Crippen LogP contribution is -2.10. The van der Waals surface area contributed by atoms with Gasteiger partial charge in [0.2, 0.25) is 0 Å². The normalized spacial score (nSPS) is 11.5. The third-order valence-electron chi connectivity index (χ3n) is 4.49. The Morgan fingerprint density at radius 1 is 1.23 bits per heavy atom. The van der Waals surface area contributed by atoms with Crippen LogP contribution in [0.2, 0.25) is 5.02 Å². The van der Waals surface area contributed by atoms with Gasteiger partial charge in [0, 0.05) is 36.0 Å². The van der Waals surface area contributed by atoms with Crippen LogP contribution in [-0.4, -0.2) is 18.2 Å². The van der Waals surface area contributed by atoms with Gasteiger partial charge in [-0.1, -0.05) is 35.9 Å². The second kappa shape index (κ2) is 9.06. The summed E-state index contributed by atoms with van der Waals surface area (Å²) in [4.78, 5) is 8.34. The van der Waals surface area contributed by atoms with Crippen molar-refractivity contribution in [3.8, 4) is 17.2 Å². The van der Waals surface area contributed by atoms with Crippen molar-refractivity contribution in [2.75, 3.05) is 18.1 Å². The minimum atomic E-state index is -4.40. The highest BCUT2D eigenvalue weighted by atomic mass is 35.5. The molecule has 0 unspecified atom stereocenters. The van der Waals surface area contributed by atoms with E-state index in [1.165, 1.54) is 12.1 Å². The summed E-state index contributed by atoms with van der Waals surface area (Å²) in [5.74, 6) is 0.359. The Hall–Kier alpha value is -3.57. The van der Waals surface area contributed by atoms with Gasteiger partial charge in [0.25, 0.3) is 0 Å². The summed E-state index contributed by atoms with van der Waals surface area (Å²) in [5.41, 5.74) is 7.79. The lowest BCUT2D eigenvalue weighted by Gasteiger charge is -2.16. The first kappa shape index (κ1) is 22.1. The Bertz CT molecular complexity index is 1170. The van der Waals surface area contributed by atoms with Crippen LogP contribution < -0.4 is 11.1 Å². The fraction of sp³-hybridized carbons (Fsp3) is 0.136. The molecular formula is C22H17ClF3N5. The summed E-state index contributed by atoms with van der Waals surface area (Å²) in [6.45, 7) is 0.190. The molecule has 9 heteroatoms. The van der Waals surface area contributed by atoms with Gasteiger partial charge in [0.1, 0.15) is 23.3 Å². The molecule has 5 nitrogen and oxygen atoms in total. The molecule has 0 saturated heterocycles. The molecule has 0 aliphatic carbocycles. The van der Waals surface area contributed by atoms with Crippen LogP contribution in [0.15, 0.2) is 53.5 Å². The number of aliphatic imine (C=N–C) groups is 1. The highest BCUT2D eigenvalue weighted by Gasteiger charge is 2.29. The molecule has 1 heterocycles. The number of benzene rings is 2. The van der Waals surface area contributed by atoms with Crippen LogP contribution in [0.4, 0.5) is 24.8 Å². The second-order valence-electron chi connectivity index (χ2n) is 6.57. The predicted octanol–water partition coefficient (Wildman–Crippen LogP) is 5.54. The molecule has 0 atom stereocenters. The number of alkyl halides is 3. The van der Waals surface area contributed by atoms with Crippen LogP contribution in [0, 0.1) is 11.3 Å². The van der Waals surface area contributed by atoms with Crippen molar-refractivity contribution in [1.82, 2.24) is 4.98 Å². The van der Waals surface area contributed by atoms with E-state index in [1.54, 1.807) is 37.5 Å². The third kappa shape index (κ3) is 4.95. The molecule has 3 rings (SSSR count). The number of rotatable bonds is 5. The van der Waals surface area contributed by atoms with Crippen molar-refractivity contribution < 1.29 is 13.2 Å². The Labute approximate surface area is 182 Å². The van der Waals surface area contributed by atoms with Gasteiger partial charge in [0.05, 0.1) is 5.56 Å². The van der Waals surface area contributed by atoms with Crippen LogP contribution in [0.5, 0.6) is 0 Å². The van der Waals surface area contributed by atoms with Crippen LogP contribution in [0.25, 0.3) is 11.1 Å². The molecule has 31 heavy (non-hydrogen) atoms. The van der Waals surface area contributed by atoms with E-state index >= 15 is 0 Å². The number of aromatic nitrogens is 1. The smallest absolute Gasteiger partial charge is 0.383 e. The number of halogens is 4. The number of hydrogen-bond donors (Lipinski definition) is 2. The summed E-state index contributed by atoms with van der Waals surface area (Å²) >= 11 is 6.13. The number of pyridine rings is 1. The van der Waals surface area contributed by atoms with Gasteiger partial charge in [-0.25, -0.2) is 4.98 Å². The molecule has 0 bridgehead atoms. The molecule has 158 valence electrons. The van der Waals surface area contributed by atoms with Gasteiger partial charge in [-0.05, 0) is 35.4 Å². The predicted molar refractivity (Wildman–Crippen MR) is 116 cm³/mol. The molecule has 0 aliphatic rings. The topological polar surface area (TPSA) is 87.1 Å². The molecule has 0 saturated carbocycles. The third-order valence-corrected chi connectivity index (χ3v) is 4.72. The molecule has 3 N–H and O–H groups in total. The lowest BCUT2D eigenvalue weighted by atomic mass is 9.96. The van der Waals surface area contributed by atoms with E-state index in [2.05, 4.69) is 21.4 Å². The van der Waals surface area contributed by atoms with E-state index in [1.807, 2.05) is 0 Å². The number of nitriles is 1. The summed E-state index contributed by atoms with van der Waals surface area (Å²) in [5, 5.41) is 13.2. The maximum atomic E-state index is 12.8. The summed E-state index contributed by atoms with van der Waals surface area (Å²) in [6, 6.07) is 13.8. The number of nitrogens with zero attached hydrogens (tertiary/aromatic N) is 3. The van der Waals surface area contributed by atoms with Crippen LogP contribution >= 0.6 is 11.6 Å². The van der Waals surface area contributed by atoms with Crippen LogP contribution in [-0.2, 0) is 12.7 Å². The first-order valence-electron chi connectivity index (χ1n) is 9.06. The largest absolute Gasteiger partial charge is 0.416 e. The van der Waals surface area contributed by atoms with Crippen molar-refractivity contribution in [2.45, 2.75) is 12.7 Å². The molecule has 3 aromatic rings. The Balaban J connectivity index is 2.03. The quantitative estimate of drug-likeness (QED) is 0.507. The number of anilines is 2. The monoisotopic (exact) mass is 443 g/mol. The van der Waals surface area contributed by atoms with Crippen molar-refractivity contribution in [3.05, 3.63) is 75.8 Å². The number of nitrogens with one attached hydrogen (secondary N) is 1. The maximum Gasteiger partial charge on any atom is 0.416 e. The Morgan fingerprint density at radius 3 is 2.52 bits per heavy atom. The average molecular weight is 444 g/mol. The molecule has 0 spiro atoms.